The van der Waals surface area contributed by atoms with E-state index in [1.54, 1.807) is 6.92 Å². The van der Waals surface area contributed by atoms with Crippen LogP contribution < -0.4 is 14.8 Å². The van der Waals surface area contributed by atoms with E-state index in [1.165, 1.54) is 32.4 Å². The minimum atomic E-state index is -4.38. The zero-order valence-electron chi connectivity index (χ0n) is 10.5. The molecule has 102 valence electrons. The van der Waals surface area contributed by atoms with E-state index in [0.717, 1.165) is 0 Å². The molecule has 3 nitrogen and oxygen atoms in total. The van der Waals surface area contributed by atoms with Crippen molar-refractivity contribution in [2.24, 2.45) is 0 Å². The molecule has 1 unspecified atom stereocenters. The lowest BCUT2D eigenvalue weighted by Gasteiger charge is -2.23. The van der Waals surface area contributed by atoms with E-state index < -0.39 is 12.2 Å². The summed E-state index contributed by atoms with van der Waals surface area (Å²) < 4.78 is 48.8. The first kappa shape index (κ1) is 14.6. The summed E-state index contributed by atoms with van der Waals surface area (Å²) in [5.74, 6) is 0.602. The summed E-state index contributed by atoms with van der Waals surface area (Å²) in [6, 6.07) is 2.53. The number of hydrogen-bond acceptors (Lipinski definition) is 3. The number of hydrogen-bond donors (Lipinski definition) is 1. The zero-order valence-corrected chi connectivity index (χ0v) is 10.5. The lowest BCUT2D eigenvalue weighted by molar-refractivity contribution is -0.157. The Kier molecular flexibility index (Phi) is 4.84. The van der Waals surface area contributed by atoms with E-state index in [2.05, 4.69) is 5.32 Å². The SMILES string of the molecule is CCNC(c1ccc(OC)cc1OC)C(F)(F)F. The van der Waals surface area contributed by atoms with Crippen LogP contribution >= 0.6 is 0 Å². The van der Waals surface area contributed by atoms with Crippen LogP contribution in [-0.4, -0.2) is 26.9 Å². The predicted molar refractivity (Wildman–Crippen MR) is 62.0 cm³/mol. The Bertz CT molecular complexity index is 393. The van der Waals surface area contributed by atoms with Crippen molar-refractivity contribution >= 4 is 0 Å². The van der Waals surface area contributed by atoms with E-state index in [-0.39, 0.29) is 17.9 Å². The maximum Gasteiger partial charge on any atom is 0.408 e. The lowest BCUT2D eigenvalue weighted by Crippen LogP contribution is -2.34. The second kappa shape index (κ2) is 5.95. The van der Waals surface area contributed by atoms with Gasteiger partial charge in [0, 0.05) is 11.6 Å². The van der Waals surface area contributed by atoms with Gasteiger partial charge < -0.3 is 14.8 Å². The quantitative estimate of drug-likeness (QED) is 0.886. The molecule has 1 N–H and O–H groups in total. The van der Waals surface area contributed by atoms with Gasteiger partial charge >= 0.3 is 6.18 Å². The van der Waals surface area contributed by atoms with Gasteiger partial charge in [-0.2, -0.15) is 13.2 Å². The van der Waals surface area contributed by atoms with Crippen molar-refractivity contribution in [3.8, 4) is 11.5 Å². The van der Waals surface area contributed by atoms with Crippen LogP contribution in [0.2, 0.25) is 0 Å². The fraction of sp³-hybridized carbons (Fsp3) is 0.500. The van der Waals surface area contributed by atoms with Gasteiger partial charge in [-0.1, -0.05) is 6.92 Å². The number of ether oxygens (including phenoxy) is 2. The first-order valence-electron chi connectivity index (χ1n) is 5.46. The van der Waals surface area contributed by atoms with Gasteiger partial charge in [0.25, 0.3) is 0 Å². The number of benzene rings is 1. The Balaban J connectivity index is 3.19. The maximum absolute atomic E-state index is 12.9. The van der Waals surface area contributed by atoms with E-state index in [9.17, 15) is 13.2 Å². The molecule has 1 rings (SSSR count). The smallest absolute Gasteiger partial charge is 0.408 e. The van der Waals surface area contributed by atoms with Crippen LogP contribution in [-0.2, 0) is 0 Å². The Morgan fingerprint density at radius 3 is 2.33 bits per heavy atom. The largest absolute Gasteiger partial charge is 0.497 e. The Morgan fingerprint density at radius 1 is 1.22 bits per heavy atom. The molecule has 0 saturated carbocycles. The fourth-order valence-electron chi connectivity index (χ4n) is 1.66. The third-order valence-corrected chi connectivity index (χ3v) is 2.49. The van der Waals surface area contributed by atoms with Gasteiger partial charge in [-0.05, 0) is 18.7 Å². The zero-order chi connectivity index (χ0) is 13.8. The van der Waals surface area contributed by atoms with E-state index >= 15 is 0 Å². The van der Waals surface area contributed by atoms with E-state index in [4.69, 9.17) is 9.47 Å². The van der Waals surface area contributed by atoms with Crippen LogP contribution in [0.1, 0.15) is 18.5 Å². The molecule has 6 heteroatoms. The standard InChI is InChI=1S/C12H16F3NO2/c1-4-16-11(12(13,14)15)9-6-5-8(17-2)7-10(9)18-3/h5-7,11,16H,4H2,1-3H3. The average Bonchev–Trinajstić information content (AvgIpc) is 2.34. The van der Waals surface area contributed by atoms with Gasteiger partial charge in [0.1, 0.15) is 17.5 Å². The molecular weight excluding hydrogens is 247 g/mol. The van der Waals surface area contributed by atoms with E-state index in [0.29, 0.717) is 5.75 Å². The molecule has 0 amide bonds. The average molecular weight is 263 g/mol. The van der Waals surface area contributed by atoms with Crippen molar-refractivity contribution in [2.75, 3.05) is 20.8 Å². The molecule has 1 aromatic carbocycles. The van der Waals surface area contributed by atoms with Crippen molar-refractivity contribution in [3.63, 3.8) is 0 Å². The predicted octanol–water partition coefficient (Wildman–Crippen LogP) is 2.92. The summed E-state index contributed by atoms with van der Waals surface area (Å²) in [5.41, 5.74) is 0.0488. The number of halogens is 3. The van der Waals surface area contributed by atoms with Crippen LogP contribution in [0.3, 0.4) is 0 Å². The molecule has 0 fully saturated rings. The van der Waals surface area contributed by atoms with Crippen LogP contribution in [0.4, 0.5) is 13.2 Å². The summed E-state index contributed by atoms with van der Waals surface area (Å²) >= 11 is 0. The van der Waals surface area contributed by atoms with Crippen LogP contribution in [0.25, 0.3) is 0 Å². The summed E-state index contributed by atoms with van der Waals surface area (Å²) in [5, 5.41) is 2.41. The molecule has 0 saturated heterocycles. The van der Waals surface area contributed by atoms with Crippen LogP contribution in [0.15, 0.2) is 18.2 Å². The minimum Gasteiger partial charge on any atom is -0.497 e. The lowest BCUT2D eigenvalue weighted by atomic mass is 10.0. The molecule has 18 heavy (non-hydrogen) atoms. The summed E-state index contributed by atoms with van der Waals surface area (Å²) in [7, 11) is 2.78. The van der Waals surface area contributed by atoms with Crippen molar-refractivity contribution < 1.29 is 22.6 Å². The molecule has 0 bridgehead atoms. The molecule has 0 aliphatic rings. The van der Waals surface area contributed by atoms with Crippen molar-refractivity contribution in [3.05, 3.63) is 23.8 Å². The molecule has 0 heterocycles. The van der Waals surface area contributed by atoms with Crippen LogP contribution in [0.5, 0.6) is 11.5 Å². The molecule has 1 aromatic rings. The molecular formula is C12H16F3NO2. The highest BCUT2D eigenvalue weighted by atomic mass is 19.4. The van der Waals surface area contributed by atoms with Gasteiger partial charge in [-0.15, -0.1) is 0 Å². The highest BCUT2D eigenvalue weighted by Gasteiger charge is 2.41. The minimum absolute atomic E-state index is 0.0488. The normalized spacial score (nSPS) is 13.2. The van der Waals surface area contributed by atoms with Crippen molar-refractivity contribution in [1.29, 1.82) is 0 Å². The number of nitrogens with one attached hydrogen (secondary N) is 1. The van der Waals surface area contributed by atoms with Crippen molar-refractivity contribution in [2.45, 2.75) is 19.1 Å². The number of methoxy groups -OCH3 is 2. The van der Waals surface area contributed by atoms with Gasteiger partial charge in [-0.3, -0.25) is 0 Å². The molecule has 0 aromatic heterocycles. The Labute approximate surface area is 104 Å². The molecule has 0 aliphatic carbocycles. The Morgan fingerprint density at radius 2 is 1.89 bits per heavy atom. The van der Waals surface area contributed by atoms with Gasteiger partial charge in [0.15, 0.2) is 0 Å². The Hall–Kier alpha value is -1.43. The second-order valence-electron chi connectivity index (χ2n) is 3.64. The highest BCUT2D eigenvalue weighted by Crippen LogP contribution is 2.38. The second-order valence-corrected chi connectivity index (χ2v) is 3.64. The third-order valence-electron chi connectivity index (χ3n) is 2.49. The monoisotopic (exact) mass is 263 g/mol. The number of rotatable bonds is 5. The first-order valence-corrected chi connectivity index (χ1v) is 5.46. The van der Waals surface area contributed by atoms with Crippen molar-refractivity contribution in [1.82, 2.24) is 5.32 Å². The maximum atomic E-state index is 12.9. The molecule has 0 spiro atoms. The molecule has 0 radical (unpaired) electrons. The van der Waals surface area contributed by atoms with Crippen LogP contribution in [0, 0.1) is 0 Å². The summed E-state index contributed by atoms with van der Waals surface area (Å²) in [6.45, 7) is 1.83. The third kappa shape index (κ3) is 3.29. The fourth-order valence-corrected chi connectivity index (χ4v) is 1.66. The summed E-state index contributed by atoms with van der Waals surface area (Å²) in [4.78, 5) is 0. The van der Waals surface area contributed by atoms with Gasteiger partial charge in [0.05, 0.1) is 14.2 Å². The topological polar surface area (TPSA) is 30.5 Å². The van der Waals surface area contributed by atoms with Gasteiger partial charge in [-0.25, -0.2) is 0 Å². The molecule has 0 aliphatic heterocycles. The molecule has 1 atom stereocenters. The first-order chi connectivity index (χ1) is 8.43. The van der Waals surface area contributed by atoms with E-state index in [1.807, 2.05) is 0 Å². The highest BCUT2D eigenvalue weighted by molar-refractivity contribution is 5.43. The number of alkyl halides is 3. The summed E-state index contributed by atoms with van der Waals surface area (Å²) in [6.07, 6.45) is -4.38. The van der Waals surface area contributed by atoms with Gasteiger partial charge in [0.2, 0.25) is 0 Å².